The number of amides is 2. The molecule has 1 atom stereocenters. The van der Waals surface area contributed by atoms with E-state index in [9.17, 15) is 9.59 Å². The van der Waals surface area contributed by atoms with E-state index in [2.05, 4.69) is 32.9 Å². The van der Waals surface area contributed by atoms with Gasteiger partial charge in [-0.2, -0.15) is 0 Å². The van der Waals surface area contributed by atoms with Crippen molar-refractivity contribution in [1.82, 2.24) is 10.3 Å². The normalized spacial score (nSPS) is 11.9. The Balaban J connectivity index is 1.78. The standard InChI is InChI=1S/C19H16IN3O2/c20-15-6-3-4-12(8-15)9-17(18(21)24)23-19(25)14-10-13-5-1-2-7-16(13)22-11-14/h1-8,10-11,17H,9H2,(H2,21,24)(H,23,25)/t17-/m1/s1. The first-order valence-corrected chi connectivity index (χ1v) is 8.80. The van der Waals surface area contributed by atoms with E-state index in [1.54, 1.807) is 6.07 Å². The molecule has 0 unspecified atom stereocenters. The minimum absolute atomic E-state index is 0.346. The molecule has 1 heterocycles. The van der Waals surface area contributed by atoms with Crippen molar-refractivity contribution in [2.45, 2.75) is 12.5 Å². The van der Waals surface area contributed by atoms with Crippen LogP contribution in [0.4, 0.5) is 0 Å². The van der Waals surface area contributed by atoms with Crippen LogP contribution in [0.3, 0.4) is 0 Å². The summed E-state index contributed by atoms with van der Waals surface area (Å²) in [5, 5.41) is 3.57. The third-order valence-corrected chi connectivity index (χ3v) is 4.50. The van der Waals surface area contributed by atoms with Crippen LogP contribution >= 0.6 is 22.6 Å². The molecule has 5 nitrogen and oxygen atoms in total. The number of aromatic nitrogens is 1. The van der Waals surface area contributed by atoms with Crippen LogP contribution in [0.2, 0.25) is 0 Å². The Morgan fingerprint density at radius 2 is 1.92 bits per heavy atom. The zero-order valence-electron chi connectivity index (χ0n) is 13.3. The molecule has 0 spiro atoms. The van der Waals surface area contributed by atoms with Crippen LogP contribution in [-0.4, -0.2) is 22.8 Å². The van der Waals surface area contributed by atoms with Crippen molar-refractivity contribution in [3.05, 3.63) is 75.5 Å². The third-order valence-electron chi connectivity index (χ3n) is 3.83. The minimum Gasteiger partial charge on any atom is -0.368 e. The number of halogens is 1. The average molecular weight is 445 g/mol. The Labute approximate surface area is 158 Å². The van der Waals surface area contributed by atoms with Gasteiger partial charge in [0.1, 0.15) is 6.04 Å². The molecule has 0 bridgehead atoms. The molecule has 3 N–H and O–H groups in total. The van der Waals surface area contributed by atoms with Gasteiger partial charge in [-0.1, -0.05) is 30.3 Å². The Morgan fingerprint density at radius 3 is 2.68 bits per heavy atom. The lowest BCUT2D eigenvalue weighted by Gasteiger charge is -2.16. The molecule has 2 aromatic carbocycles. The zero-order chi connectivity index (χ0) is 17.8. The molecule has 3 aromatic rings. The molecule has 3 rings (SSSR count). The fourth-order valence-electron chi connectivity index (χ4n) is 2.56. The summed E-state index contributed by atoms with van der Waals surface area (Å²) in [6.45, 7) is 0. The SMILES string of the molecule is NC(=O)[C@@H](Cc1cccc(I)c1)NC(=O)c1cnc2ccccc2c1. The first kappa shape index (κ1) is 17.3. The van der Waals surface area contributed by atoms with E-state index in [1.165, 1.54) is 6.20 Å². The molecule has 0 aliphatic rings. The summed E-state index contributed by atoms with van der Waals surface area (Å²) in [4.78, 5) is 28.5. The highest BCUT2D eigenvalue weighted by Gasteiger charge is 2.20. The van der Waals surface area contributed by atoms with Crippen LogP contribution in [0.5, 0.6) is 0 Å². The smallest absolute Gasteiger partial charge is 0.253 e. The van der Waals surface area contributed by atoms with Gasteiger partial charge < -0.3 is 11.1 Å². The third kappa shape index (κ3) is 4.33. The van der Waals surface area contributed by atoms with Gasteiger partial charge >= 0.3 is 0 Å². The Morgan fingerprint density at radius 1 is 1.12 bits per heavy atom. The molecule has 0 saturated carbocycles. The second-order valence-electron chi connectivity index (χ2n) is 5.68. The predicted octanol–water partition coefficient (Wildman–Crippen LogP) is 2.67. The van der Waals surface area contributed by atoms with Crippen LogP contribution < -0.4 is 11.1 Å². The first-order valence-electron chi connectivity index (χ1n) is 7.72. The lowest BCUT2D eigenvalue weighted by molar-refractivity contribution is -0.119. The summed E-state index contributed by atoms with van der Waals surface area (Å²) in [6, 6.07) is 16.2. The molecule has 0 fully saturated rings. The number of nitrogens with one attached hydrogen (secondary N) is 1. The lowest BCUT2D eigenvalue weighted by Crippen LogP contribution is -2.45. The fourth-order valence-corrected chi connectivity index (χ4v) is 3.17. The lowest BCUT2D eigenvalue weighted by atomic mass is 10.0. The Bertz CT molecular complexity index is 943. The van der Waals surface area contributed by atoms with Gasteiger partial charge in [0.15, 0.2) is 0 Å². The number of rotatable bonds is 5. The van der Waals surface area contributed by atoms with Gasteiger partial charge in [-0.3, -0.25) is 14.6 Å². The molecule has 2 amide bonds. The summed E-state index contributed by atoms with van der Waals surface area (Å²) in [5.41, 5.74) is 7.61. The average Bonchev–Trinajstić information content (AvgIpc) is 2.60. The minimum atomic E-state index is -0.780. The van der Waals surface area contributed by atoms with Gasteiger partial charge in [0, 0.05) is 21.6 Å². The fraction of sp³-hybridized carbons (Fsp3) is 0.105. The maximum absolute atomic E-state index is 12.5. The maximum atomic E-state index is 12.5. The molecule has 126 valence electrons. The van der Waals surface area contributed by atoms with Gasteiger partial charge in [0.25, 0.3) is 5.91 Å². The van der Waals surface area contributed by atoms with Gasteiger partial charge in [-0.25, -0.2) is 0 Å². The Kier molecular flexibility index (Phi) is 5.28. The van der Waals surface area contributed by atoms with Crippen molar-refractivity contribution in [2.24, 2.45) is 5.73 Å². The number of carbonyl (C=O) groups is 2. The number of nitrogens with zero attached hydrogens (tertiary/aromatic N) is 1. The number of benzene rings is 2. The second-order valence-corrected chi connectivity index (χ2v) is 6.92. The van der Waals surface area contributed by atoms with Crippen LogP contribution in [0.25, 0.3) is 10.9 Å². The number of primary amides is 1. The molecule has 25 heavy (non-hydrogen) atoms. The van der Waals surface area contributed by atoms with E-state index in [0.717, 1.165) is 20.0 Å². The number of nitrogens with two attached hydrogens (primary N) is 1. The van der Waals surface area contributed by atoms with Gasteiger partial charge in [-0.15, -0.1) is 0 Å². The van der Waals surface area contributed by atoms with Gasteiger partial charge in [-0.05, 0) is 52.4 Å². The van der Waals surface area contributed by atoms with Crippen LogP contribution in [0, 0.1) is 3.57 Å². The number of pyridine rings is 1. The highest BCUT2D eigenvalue weighted by atomic mass is 127. The highest BCUT2D eigenvalue weighted by molar-refractivity contribution is 14.1. The van der Waals surface area contributed by atoms with E-state index in [1.807, 2.05) is 48.5 Å². The van der Waals surface area contributed by atoms with E-state index in [0.29, 0.717) is 12.0 Å². The van der Waals surface area contributed by atoms with Crippen molar-refractivity contribution in [3.8, 4) is 0 Å². The molecule has 0 aliphatic heterocycles. The molecule has 6 heteroatoms. The topological polar surface area (TPSA) is 85.1 Å². The zero-order valence-corrected chi connectivity index (χ0v) is 15.4. The van der Waals surface area contributed by atoms with Gasteiger partial charge in [0.2, 0.25) is 5.91 Å². The number of hydrogen-bond acceptors (Lipinski definition) is 3. The number of hydrogen-bond donors (Lipinski definition) is 2. The van der Waals surface area contributed by atoms with Crippen molar-refractivity contribution < 1.29 is 9.59 Å². The molecular weight excluding hydrogens is 429 g/mol. The largest absolute Gasteiger partial charge is 0.368 e. The monoisotopic (exact) mass is 445 g/mol. The van der Waals surface area contributed by atoms with Crippen molar-refractivity contribution in [3.63, 3.8) is 0 Å². The van der Waals surface area contributed by atoms with Crippen molar-refractivity contribution >= 4 is 45.3 Å². The summed E-state index contributed by atoms with van der Waals surface area (Å²) in [7, 11) is 0. The van der Waals surface area contributed by atoms with Crippen LogP contribution in [0.15, 0.2) is 60.8 Å². The highest BCUT2D eigenvalue weighted by Crippen LogP contribution is 2.14. The summed E-state index contributed by atoms with van der Waals surface area (Å²) >= 11 is 2.20. The van der Waals surface area contributed by atoms with E-state index >= 15 is 0 Å². The molecular formula is C19H16IN3O2. The molecule has 0 aliphatic carbocycles. The molecule has 1 aromatic heterocycles. The van der Waals surface area contributed by atoms with Crippen molar-refractivity contribution in [2.75, 3.05) is 0 Å². The number of fused-ring (bicyclic) bond motifs is 1. The summed E-state index contributed by atoms with van der Waals surface area (Å²) < 4.78 is 1.06. The molecule has 0 radical (unpaired) electrons. The Hall–Kier alpha value is -2.48. The van der Waals surface area contributed by atoms with E-state index in [-0.39, 0.29) is 5.91 Å². The van der Waals surface area contributed by atoms with Crippen LogP contribution in [0.1, 0.15) is 15.9 Å². The quantitative estimate of drug-likeness (QED) is 0.593. The van der Waals surface area contributed by atoms with Crippen LogP contribution in [-0.2, 0) is 11.2 Å². The summed E-state index contributed by atoms with van der Waals surface area (Å²) in [6.07, 6.45) is 1.85. The second kappa shape index (κ2) is 7.60. The van der Waals surface area contributed by atoms with Crippen molar-refractivity contribution in [1.29, 1.82) is 0 Å². The van der Waals surface area contributed by atoms with E-state index < -0.39 is 11.9 Å². The number of carbonyl (C=O) groups excluding carboxylic acids is 2. The number of para-hydroxylation sites is 1. The maximum Gasteiger partial charge on any atom is 0.253 e. The molecule has 0 saturated heterocycles. The summed E-state index contributed by atoms with van der Waals surface area (Å²) in [5.74, 6) is -0.936. The van der Waals surface area contributed by atoms with Gasteiger partial charge in [0.05, 0.1) is 11.1 Å². The predicted molar refractivity (Wildman–Crippen MR) is 105 cm³/mol. The first-order chi connectivity index (χ1) is 12.0. The van der Waals surface area contributed by atoms with E-state index in [4.69, 9.17) is 5.73 Å².